The van der Waals surface area contributed by atoms with Crippen LogP contribution < -0.4 is 0 Å². The summed E-state index contributed by atoms with van der Waals surface area (Å²) in [6.45, 7) is 3.58. The maximum absolute atomic E-state index is 11.3. The van der Waals surface area contributed by atoms with Gasteiger partial charge in [0, 0.05) is 20.2 Å². The summed E-state index contributed by atoms with van der Waals surface area (Å²) in [5, 5.41) is 0. The number of methoxy groups -OCH3 is 2. The van der Waals surface area contributed by atoms with Crippen LogP contribution in [-0.2, 0) is 14.3 Å². The minimum absolute atomic E-state index is 0.200. The molecule has 0 amide bonds. The second-order valence-electron chi connectivity index (χ2n) is 4.21. The fourth-order valence-electron chi connectivity index (χ4n) is 2.12. The lowest BCUT2D eigenvalue weighted by Gasteiger charge is -2.33. The van der Waals surface area contributed by atoms with Crippen molar-refractivity contribution in [3.05, 3.63) is 0 Å². The van der Waals surface area contributed by atoms with Gasteiger partial charge in [0.05, 0.1) is 13.7 Å². The van der Waals surface area contributed by atoms with E-state index >= 15 is 0 Å². The SMILES string of the molecule is COCC1CCCN(CC(Br)C(=O)OC)C1. The highest BCUT2D eigenvalue weighted by molar-refractivity contribution is 9.10. The van der Waals surface area contributed by atoms with Gasteiger partial charge in [0.25, 0.3) is 0 Å². The molecule has 0 aromatic heterocycles. The fourth-order valence-corrected chi connectivity index (χ4v) is 2.71. The van der Waals surface area contributed by atoms with Gasteiger partial charge in [-0.1, -0.05) is 15.9 Å². The van der Waals surface area contributed by atoms with E-state index in [2.05, 4.69) is 20.8 Å². The number of halogens is 1. The number of carbonyl (C=O) groups excluding carboxylic acids is 1. The molecule has 1 aliphatic heterocycles. The van der Waals surface area contributed by atoms with Gasteiger partial charge in [0.1, 0.15) is 4.83 Å². The van der Waals surface area contributed by atoms with Crippen molar-refractivity contribution in [2.24, 2.45) is 5.92 Å². The molecule has 0 spiro atoms. The molecule has 2 unspecified atom stereocenters. The summed E-state index contributed by atoms with van der Waals surface area (Å²) in [6, 6.07) is 0. The van der Waals surface area contributed by atoms with Crippen LogP contribution in [0.5, 0.6) is 0 Å². The van der Waals surface area contributed by atoms with Crippen LogP contribution in [0, 0.1) is 5.92 Å². The molecule has 16 heavy (non-hydrogen) atoms. The molecule has 2 atom stereocenters. The number of piperidine rings is 1. The molecule has 0 saturated carbocycles. The Morgan fingerprint density at radius 1 is 1.56 bits per heavy atom. The average molecular weight is 294 g/mol. The van der Waals surface area contributed by atoms with E-state index in [9.17, 15) is 4.79 Å². The van der Waals surface area contributed by atoms with Crippen molar-refractivity contribution in [1.82, 2.24) is 4.90 Å². The predicted octanol–water partition coefficient (Wildman–Crippen LogP) is 1.28. The lowest BCUT2D eigenvalue weighted by atomic mass is 9.99. The minimum atomic E-state index is -0.223. The van der Waals surface area contributed by atoms with Crippen LogP contribution in [0.4, 0.5) is 0 Å². The number of esters is 1. The van der Waals surface area contributed by atoms with Crippen LogP contribution in [0.25, 0.3) is 0 Å². The Morgan fingerprint density at radius 3 is 2.94 bits per heavy atom. The molecule has 0 radical (unpaired) electrons. The number of ether oxygens (including phenoxy) is 2. The lowest BCUT2D eigenvalue weighted by molar-refractivity contribution is -0.140. The molecule has 1 fully saturated rings. The van der Waals surface area contributed by atoms with Gasteiger partial charge >= 0.3 is 5.97 Å². The highest BCUT2D eigenvalue weighted by Crippen LogP contribution is 2.18. The number of rotatable bonds is 5. The smallest absolute Gasteiger partial charge is 0.320 e. The third-order valence-corrected chi connectivity index (χ3v) is 3.54. The molecule has 0 aliphatic carbocycles. The van der Waals surface area contributed by atoms with Gasteiger partial charge in [-0.15, -0.1) is 0 Å². The van der Waals surface area contributed by atoms with Gasteiger partial charge in [0.15, 0.2) is 0 Å². The first-order chi connectivity index (χ1) is 7.67. The minimum Gasteiger partial charge on any atom is -0.468 e. The predicted molar refractivity (Wildman–Crippen MR) is 65.8 cm³/mol. The molecule has 0 aromatic rings. The number of hydrogen-bond donors (Lipinski definition) is 0. The third-order valence-electron chi connectivity index (χ3n) is 2.88. The van der Waals surface area contributed by atoms with E-state index in [1.807, 2.05) is 0 Å². The highest BCUT2D eigenvalue weighted by Gasteiger charge is 2.24. The Bertz CT molecular complexity index is 223. The first-order valence-corrected chi connectivity index (χ1v) is 6.52. The zero-order valence-corrected chi connectivity index (χ0v) is 11.5. The molecular weight excluding hydrogens is 274 g/mol. The van der Waals surface area contributed by atoms with Gasteiger partial charge in [0.2, 0.25) is 0 Å². The zero-order chi connectivity index (χ0) is 12.0. The summed E-state index contributed by atoms with van der Waals surface area (Å²) < 4.78 is 9.86. The zero-order valence-electron chi connectivity index (χ0n) is 9.95. The van der Waals surface area contributed by atoms with Crippen molar-refractivity contribution in [3.8, 4) is 0 Å². The van der Waals surface area contributed by atoms with Crippen molar-refractivity contribution >= 4 is 21.9 Å². The molecule has 0 N–H and O–H groups in total. The second-order valence-corrected chi connectivity index (χ2v) is 5.32. The molecule has 1 heterocycles. The summed E-state index contributed by atoms with van der Waals surface area (Å²) in [6.07, 6.45) is 2.39. The van der Waals surface area contributed by atoms with Crippen LogP contribution in [0.15, 0.2) is 0 Å². The Hall–Kier alpha value is -0.130. The summed E-state index contributed by atoms with van der Waals surface area (Å²) in [5.74, 6) is 0.393. The maximum atomic E-state index is 11.3. The molecule has 0 aromatic carbocycles. The first kappa shape index (κ1) is 13.9. The van der Waals surface area contributed by atoms with E-state index in [-0.39, 0.29) is 10.8 Å². The normalized spacial score (nSPS) is 24.1. The molecule has 4 nitrogen and oxygen atoms in total. The van der Waals surface area contributed by atoms with Gasteiger partial charge in [-0.3, -0.25) is 4.79 Å². The van der Waals surface area contributed by atoms with Crippen molar-refractivity contribution in [2.75, 3.05) is 40.5 Å². The van der Waals surface area contributed by atoms with Crippen LogP contribution in [-0.4, -0.2) is 56.2 Å². The Morgan fingerprint density at radius 2 is 2.31 bits per heavy atom. The van der Waals surface area contributed by atoms with E-state index in [0.29, 0.717) is 12.5 Å². The largest absolute Gasteiger partial charge is 0.468 e. The Balaban J connectivity index is 2.33. The van der Waals surface area contributed by atoms with Crippen molar-refractivity contribution in [2.45, 2.75) is 17.7 Å². The standard InChI is InChI=1S/C11H20BrNO3/c1-15-8-9-4-3-5-13(6-9)7-10(12)11(14)16-2/h9-10H,3-8H2,1-2H3. The van der Waals surface area contributed by atoms with Crippen LogP contribution in [0.2, 0.25) is 0 Å². The van der Waals surface area contributed by atoms with E-state index in [0.717, 1.165) is 19.7 Å². The van der Waals surface area contributed by atoms with Crippen molar-refractivity contribution in [3.63, 3.8) is 0 Å². The maximum Gasteiger partial charge on any atom is 0.320 e. The molecule has 94 valence electrons. The van der Waals surface area contributed by atoms with E-state index in [1.165, 1.54) is 20.0 Å². The Labute approximate surface area is 105 Å². The lowest BCUT2D eigenvalue weighted by Crippen LogP contribution is -2.42. The molecule has 0 bridgehead atoms. The monoisotopic (exact) mass is 293 g/mol. The summed E-state index contributed by atoms with van der Waals surface area (Å²) in [7, 11) is 3.15. The van der Waals surface area contributed by atoms with E-state index in [1.54, 1.807) is 7.11 Å². The summed E-state index contributed by atoms with van der Waals surface area (Å²) >= 11 is 3.35. The van der Waals surface area contributed by atoms with Crippen LogP contribution >= 0.6 is 15.9 Å². The van der Waals surface area contributed by atoms with Gasteiger partial charge < -0.3 is 14.4 Å². The Kier molecular flexibility index (Phi) is 6.31. The quantitative estimate of drug-likeness (QED) is 0.565. The van der Waals surface area contributed by atoms with Crippen LogP contribution in [0.1, 0.15) is 12.8 Å². The number of carbonyl (C=O) groups is 1. The average Bonchev–Trinajstić information content (AvgIpc) is 2.29. The summed E-state index contributed by atoms with van der Waals surface area (Å²) in [5.41, 5.74) is 0. The van der Waals surface area contributed by atoms with Crippen molar-refractivity contribution in [1.29, 1.82) is 0 Å². The number of hydrogen-bond acceptors (Lipinski definition) is 4. The molecule has 5 heteroatoms. The van der Waals surface area contributed by atoms with Gasteiger partial charge in [-0.2, -0.15) is 0 Å². The highest BCUT2D eigenvalue weighted by atomic mass is 79.9. The van der Waals surface area contributed by atoms with Crippen molar-refractivity contribution < 1.29 is 14.3 Å². The number of likely N-dealkylation sites (tertiary alicyclic amines) is 1. The molecule has 1 aliphatic rings. The first-order valence-electron chi connectivity index (χ1n) is 5.60. The third kappa shape index (κ3) is 4.39. The molecular formula is C11H20BrNO3. The molecule has 1 rings (SSSR count). The summed E-state index contributed by atoms with van der Waals surface area (Å²) in [4.78, 5) is 13.3. The van der Waals surface area contributed by atoms with Gasteiger partial charge in [-0.25, -0.2) is 0 Å². The fraction of sp³-hybridized carbons (Fsp3) is 0.909. The second kappa shape index (κ2) is 7.25. The van der Waals surface area contributed by atoms with E-state index < -0.39 is 0 Å². The van der Waals surface area contributed by atoms with Crippen LogP contribution in [0.3, 0.4) is 0 Å². The van der Waals surface area contributed by atoms with E-state index in [4.69, 9.17) is 9.47 Å². The number of nitrogens with zero attached hydrogens (tertiary/aromatic N) is 1. The van der Waals surface area contributed by atoms with Gasteiger partial charge in [-0.05, 0) is 25.3 Å². The topological polar surface area (TPSA) is 38.8 Å². The number of alkyl halides is 1. The molecule has 1 saturated heterocycles.